The summed E-state index contributed by atoms with van der Waals surface area (Å²) >= 11 is 0. The minimum atomic E-state index is -0.290. The molecule has 0 unspecified atom stereocenters. The Bertz CT molecular complexity index is 1150. The predicted octanol–water partition coefficient (Wildman–Crippen LogP) is 5.88. The maximum absolute atomic E-state index is 13.1. The molecule has 6 heteroatoms. The summed E-state index contributed by atoms with van der Waals surface area (Å²) < 4.78 is 18.8. The Kier molecular flexibility index (Phi) is 6.18. The molecule has 5 nitrogen and oxygen atoms in total. The Morgan fingerprint density at radius 1 is 0.839 bits per heavy atom. The SMILES string of the molecule is O=C(Nc1ccc(Oc2ccccc2)cc1)c1cccnc1NCc1ccc(F)cc1. The van der Waals surface area contributed by atoms with E-state index in [1.165, 1.54) is 12.1 Å². The minimum absolute atomic E-state index is 0.286. The third-order valence-electron chi connectivity index (χ3n) is 4.52. The van der Waals surface area contributed by atoms with Gasteiger partial charge in [-0.05, 0) is 66.2 Å². The maximum Gasteiger partial charge on any atom is 0.259 e. The molecule has 4 aromatic rings. The fraction of sp³-hybridized carbons (Fsp3) is 0.0400. The number of nitrogens with zero attached hydrogens (tertiary/aromatic N) is 1. The number of hydrogen-bond acceptors (Lipinski definition) is 4. The zero-order valence-corrected chi connectivity index (χ0v) is 16.6. The van der Waals surface area contributed by atoms with Crippen molar-refractivity contribution in [2.45, 2.75) is 6.54 Å². The van der Waals surface area contributed by atoms with Crippen LogP contribution >= 0.6 is 0 Å². The Hall–Kier alpha value is -4.19. The zero-order chi connectivity index (χ0) is 21.5. The van der Waals surface area contributed by atoms with Crippen LogP contribution in [-0.2, 0) is 6.54 Å². The average Bonchev–Trinajstić information content (AvgIpc) is 2.81. The highest BCUT2D eigenvalue weighted by atomic mass is 19.1. The lowest BCUT2D eigenvalue weighted by atomic mass is 10.2. The summed E-state index contributed by atoms with van der Waals surface area (Å²) in [5.74, 6) is 1.29. The molecule has 0 atom stereocenters. The van der Waals surface area contributed by atoms with Crippen molar-refractivity contribution in [3.8, 4) is 11.5 Å². The molecule has 0 saturated carbocycles. The van der Waals surface area contributed by atoms with Gasteiger partial charge >= 0.3 is 0 Å². The number of ether oxygens (including phenoxy) is 1. The first-order chi connectivity index (χ1) is 15.2. The molecule has 2 N–H and O–H groups in total. The zero-order valence-electron chi connectivity index (χ0n) is 16.6. The van der Waals surface area contributed by atoms with E-state index in [2.05, 4.69) is 15.6 Å². The number of para-hydroxylation sites is 1. The first kappa shape index (κ1) is 20.1. The number of hydrogen-bond donors (Lipinski definition) is 2. The van der Waals surface area contributed by atoms with E-state index in [1.807, 2.05) is 30.3 Å². The number of pyridine rings is 1. The van der Waals surface area contributed by atoms with Gasteiger partial charge in [0, 0.05) is 18.4 Å². The van der Waals surface area contributed by atoms with Gasteiger partial charge in [0.2, 0.25) is 0 Å². The quantitative estimate of drug-likeness (QED) is 0.397. The molecule has 0 aliphatic heterocycles. The summed E-state index contributed by atoms with van der Waals surface area (Å²) in [7, 11) is 0. The van der Waals surface area contributed by atoms with Crippen LogP contribution < -0.4 is 15.4 Å². The summed E-state index contributed by atoms with van der Waals surface area (Å²) in [5, 5.41) is 6.01. The average molecular weight is 413 g/mol. The molecule has 0 radical (unpaired) electrons. The largest absolute Gasteiger partial charge is 0.457 e. The lowest BCUT2D eigenvalue weighted by molar-refractivity contribution is 0.102. The number of amides is 1. The minimum Gasteiger partial charge on any atom is -0.457 e. The normalized spacial score (nSPS) is 10.4. The van der Waals surface area contributed by atoms with E-state index in [4.69, 9.17) is 4.74 Å². The van der Waals surface area contributed by atoms with Gasteiger partial charge in [-0.25, -0.2) is 9.37 Å². The molecule has 4 rings (SSSR count). The van der Waals surface area contributed by atoms with Crippen LogP contribution in [0.1, 0.15) is 15.9 Å². The summed E-state index contributed by atoms with van der Waals surface area (Å²) in [6.07, 6.45) is 1.61. The number of halogens is 1. The van der Waals surface area contributed by atoms with E-state index in [-0.39, 0.29) is 11.7 Å². The second kappa shape index (κ2) is 9.54. The second-order valence-electron chi connectivity index (χ2n) is 6.77. The third kappa shape index (κ3) is 5.45. The van der Waals surface area contributed by atoms with E-state index < -0.39 is 0 Å². The monoisotopic (exact) mass is 413 g/mol. The Balaban J connectivity index is 1.41. The molecule has 1 heterocycles. The van der Waals surface area contributed by atoms with Gasteiger partial charge in [0.15, 0.2) is 0 Å². The Morgan fingerprint density at radius 2 is 1.55 bits per heavy atom. The van der Waals surface area contributed by atoms with Crippen LogP contribution in [0.3, 0.4) is 0 Å². The fourth-order valence-electron chi connectivity index (χ4n) is 2.95. The highest BCUT2D eigenvalue weighted by molar-refractivity contribution is 6.07. The van der Waals surface area contributed by atoms with E-state index in [1.54, 1.807) is 54.7 Å². The first-order valence-electron chi connectivity index (χ1n) is 9.75. The van der Waals surface area contributed by atoms with Crippen LogP contribution in [0.15, 0.2) is 97.2 Å². The molecule has 3 aromatic carbocycles. The van der Waals surface area contributed by atoms with Crippen molar-refractivity contribution in [1.29, 1.82) is 0 Å². The van der Waals surface area contributed by atoms with Crippen molar-refractivity contribution in [2.24, 2.45) is 0 Å². The van der Waals surface area contributed by atoms with Crippen LogP contribution in [0.5, 0.6) is 11.5 Å². The second-order valence-corrected chi connectivity index (χ2v) is 6.77. The van der Waals surface area contributed by atoms with Gasteiger partial charge in [-0.3, -0.25) is 4.79 Å². The van der Waals surface area contributed by atoms with E-state index in [0.717, 1.165) is 11.3 Å². The van der Waals surface area contributed by atoms with Gasteiger partial charge < -0.3 is 15.4 Å². The van der Waals surface area contributed by atoms with Crippen LogP contribution in [0.2, 0.25) is 0 Å². The van der Waals surface area contributed by atoms with Crippen molar-refractivity contribution >= 4 is 17.4 Å². The molecule has 0 fully saturated rings. The number of carbonyl (C=O) groups is 1. The fourth-order valence-corrected chi connectivity index (χ4v) is 2.95. The van der Waals surface area contributed by atoms with E-state index >= 15 is 0 Å². The number of aromatic nitrogens is 1. The van der Waals surface area contributed by atoms with Crippen LogP contribution in [0.25, 0.3) is 0 Å². The molecular formula is C25H20FN3O2. The highest BCUT2D eigenvalue weighted by Gasteiger charge is 2.12. The molecule has 1 aromatic heterocycles. The van der Waals surface area contributed by atoms with Crippen molar-refractivity contribution in [1.82, 2.24) is 4.98 Å². The van der Waals surface area contributed by atoms with Gasteiger partial charge in [0.1, 0.15) is 23.1 Å². The molecule has 0 aliphatic rings. The predicted molar refractivity (Wildman–Crippen MR) is 119 cm³/mol. The van der Waals surface area contributed by atoms with Crippen molar-refractivity contribution in [2.75, 3.05) is 10.6 Å². The van der Waals surface area contributed by atoms with Crippen molar-refractivity contribution < 1.29 is 13.9 Å². The maximum atomic E-state index is 13.1. The van der Waals surface area contributed by atoms with E-state index in [0.29, 0.717) is 29.4 Å². The topological polar surface area (TPSA) is 63.2 Å². The number of benzene rings is 3. The summed E-state index contributed by atoms with van der Waals surface area (Å²) in [4.78, 5) is 17.1. The summed E-state index contributed by atoms with van der Waals surface area (Å²) in [6.45, 7) is 0.420. The van der Waals surface area contributed by atoms with Gasteiger partial charge in [-0.2, -0.15) is 0 Å². The number of rotatable bonds is 7. The molecule has 0 aliphatic carbocycles. The number of carbonyl (C=O) groups excluding carboxylic acids is 1. The number of anilines is 2. The van der Waals surface area contributed by atoms with Gasteiger partial charge in [0.05, 0.1) is 5.56 Å². The Labute approximate surface area is 179 Å². The molecule has 154 valence electrons. The highest BCUT2D eigenvalue weighted by Crippen LogP contribution is 2.23. The third-order valence-corrected chi connectivity index (χ3v) is 4.52. The smallest absolute Gasteiger partial charge is 0.259 e. The van der Waals surface area contributed by atoms with Gasteiger partial charge in [-0.15, -0.1) is 0 Å². The molecule has 0 spiro atoms. The lowest BCUT2D eigenvalue weighted by Crippen LogP contribution is -2.15. The van der Waals surface area contributed by atoms with Crippen molar-refractivity contribution in [3.05, 3.63) is 114 Å². The van der Waals surface area contributed by atoms with Crippen LogP contribution in [0, 0.1) is 5.82 Å². The van der Waals surface area contributed by atoms with Crippen molar-refractivity contribution in [3.63, 3.8) is 0 Å². The standard InChI is InChI=1S/C25H20FN3O2/c26-19-10-8-18(9-11-19)17-28-24-23(7-4-16-27-24)25(30)29-20-12-14-22(15-13-20)31-21-5-2-1-3-6-21/h1-16H,17H2,(H,27,28)(H,29,30). The molecular weight excluding hydrogens is 393 g/mol. The molecule has 0 bridgehead atoms. The molecule has 0 saturated heterocycles. The van der Waals surface area contributed by atoms with Crippen LogP contribution in [0.4, 0.5) is 15.9 Å². The molecule has 1 amide bonds. The number of nitrogens with one attached hydrogen (secondary N) is 2. The lowest BCUT2D eigenvalue weighted by Gasteiger charge is -2.12. The van der Waals surface area contributed by atoms with Gasteiger partial charge in [0.25, 0.3) is 5.91 Å². The molecule has 31 heavy (non-hydrogen) atoms. The van der Waals surface area contributed by atoms with Gasteiger partial charge in [-0.1, -0.05) is 30.3 Å². The summed E-state index contributed by atoms with van der Waals surface area (Å²) in [6, 6.07) is 26.2. The van der Waals surface area contributed by atoms with E-state index in [9.17, 15) is 9.18 Å². The van der Waals surface area contributed by atoms with Crippen LogP contribution in [-0.4, -0.2) is 10.9 Å². The first-order valence-corrected chi connectivity index (χ1v) is 9.75. The Morgan fingerprint density at radius 3 is 2.29 bits per heavy atom. The summed E-state index contributed by atoms with van der Waals surface area (Å²) in [5.41, 5.74) is 1.93.